The minimum absolute atomic E-state index is 0.127. The van der Waals surface area contributed by atoms with Gasteiger partial charge in [-0.1, -0.05) is 37.6 Å². The van der Waals surface area contributed by atoms with E-state index in [1.807, 2.05) is 6.92 Å². The van der Waals surface area contributed by atoms with E-state index < -0.39 is 15.9 Å². The van der Waals surface area contributed by atoms with Gasteiger partial charge in [0, 0.05) is 30.7 Å². The molecule has 0 aliphatic carbocycles. The molecular weight excluding hydrogens is 440 g/mol. The van der Waals surface area contributed by atoms with Crippen molar-refractivity contribution >= 4 is 32.4 Å². The van der Waals surface area contributed by atoms with Gasteiger partial charge in [-0.3, -0.25) is 9.59 Å². The minimum Gasteiger partial charge on any atom is -0.320 e. The first-order valence-electron chi connectivity index (χ1n) is 11.2. The zero-order valence-corrected chi connectivity index (χ0v) is 19.7. The second kappa shape index (κ2) is 9.44. The van der Waals surface area contributed by atoms with Crippen molar-refractivity contribution in [3.8, 4) is 0 Å². The molecule has 0 saturated carbocycles. The molecule has 3 aromatic rings. The predicted octanol–water partition coefficient (Wildman–Crippen LogP) is 3.54. The first-order valence-corrected chi connectivity index (χ1v) is 12.7. The van der Waals surface area contributed by atoms with Gasteiger partial charge in [-0.2, -0.15) is 9.40 Å². The Morgan fingerprint density at radius 1 is 1.06 bits per heavy atom. The van der Waals surface area contributed by atoms with Crippen molar-refractivity contribution in [3.63, 3.8) is 0 Å². The number of nitrogens with one attached hydrogen (secondary N) is 1. The largest absolute Gasteiger partial charge is 0.320 e. The smallest absolute Gasteiger partial charge is 0.276 e. The van der Waals surface area contributed by atoms with Gasteiger partial charge in [-0.15, -0.1) is 0 Å². The molecule has 33 heavy (non-hydrogen) atoms. The minimum atomic E-state index is -3.64. The van der Waals surface area contributed by atoms with Crippen LogP contribution in [0.2, 0.25) is 0 Å². The molecule has 0 spiro atoms. The quantitative estimate of drug-likeness (QED) is 0.596. The Balaban J connectivity index is 1.71. The highest BCUT2D eigenvalue weighted by Crippen LogP contribution is 2.26. The van der Waals surface area contributed by atoms with Crippen molar-refractivity contribution in [2.45, 2.75) is 51.0 Å². The SMILES string of the molecule is CCCn1nc(C(=O)Nc2cc(S(=O)(=O)N3CCCCC3)ccc2C)c2ccccc2c1=O. The first-order chi connectivity index (χ1) is 15.8. The first kappa shape index (κ1) is 23.1. The second-order valence-corrected chi connectivity index (χ2v) is 10.3. The molecule has 0 radical (unpaired) electrons. The number of aryl methyl sites for hydroxylation is 2. The number of fused-ring (bicyclic) bond motifs is 1. The molecule has 0 bridgehead atoms. The molecule has 2 heterocycles. The molecule has 174 valence electrons. The third-order valence-corrected chi connectivity index (χ3v) is 7.82. The Kier molecular flexibility index (Phi) is 6.62. The van der Waals surface area contributed by atoms with E-state index in [9.17, 15) is 18.0 Å². The molecule has 2 aromatic carbocycles. The van der Waals surface area contributed by atoms with Crippen molar-refractivity contribution in [3.05, 3.63) is 64.1 Å². The summed E-state index contributed by atoms with van der Waals surface area (Å²) < 4.78 is 29.0. The van der Waals surface area contributed by atoms with Gasteiger partial charge in [-0.05, 0) is 49.9 Å². The lowest BCUT2D eigenvalue weighted by atomic mass is 10.1. The molecule has 9 heteroatoms. The molecule has 1 aromatic heterocycles. The van der Waals surface area contributed by atoms with Crippen LogP contribution in [0.3, 0.4) is 0 Å². The molecule has 4 rings (SSSR count). The Labute approximate surface area is 193 Å². The number of rotatable bonds is 6. The van der Waals surface area contributed by atoms with E-state index in [0.717, 1.165) is 24.8 Å². The van der Waals surface area contributed by atoms with E-state index in [4.69, 9.17) is 0 Å². The van der Waals surface area contributed by atoms with Crippen LogP contribution < -0.4 is 10.9 Å². The van der Waals surface area contributed by atoms with Crippen LogP contribution in [0.25, 0.3) is 10.8 Å². The highest BCUT2D eigenvalue weighted by Gasteiger charge is 2.27. The summed E-state index contributed by atoms with van der Waals surface area (Å²) in [7, 11) is -3.64. The van der Waals surface area contributed by atoms with Crippen LogP contribution in [0.1, 0.15) is 48.7 Å². The third kappa shape index (κ3) is 4.56. The topological polar surface area (TPSA) is 101 Å². The number of aromatic nitrogens is 2. The Morgan fingerprint density at radius 3 is 2.45 bits per heavy atom. The average molecular weight is 469 g/mol. The second-order valence-electron chi connectivity index (χ2n) is 8.32. The summed E-state index contributed by atoms with van der Waals surface area (Å²) >= 11 is 0. The normalized spacial score (nSPS) is 15.0. The van der Waals surface area contributed by atoms with Crippen molar-refractivity contribution in [1.82, 2.24) is 14.1 Å². The number of piperidine rings is 1. The van der Waals surface area contributed by atoms with Gasteiger partial charge < -0.3 is 5.32 Å². The lowest BCUT2D eigenvalue weighted by Gasteiger charge is -2.26. The zero-order valence-electron chi connectivity index (χ0n) is 18.9. The summed E-state index contributed by atoms with van der Waals surface area (Å²) in [5.41, 5.74) is 1.02. The van der Waals surface area contributed by atoms with E-state index in [0.29, 0.717) is 42.5 Å². The van der Waals surface area contributed by atoms with E-state index in [1.54, 1.807) is 43.3 Å². The number of benzene rings is 2. The molecule has 1 aliphatic rings. The van der Waals surface area contributed by atoms with Gasteiger partial charge >= 0.3 is 0 Å². The van der Waals surface area contributed by atoms with Crippen molar-refractivity contribution in [2.75, 3.05) is 18.4 Å². The lowest BCUT2D eigenvalue weighted by Crippen LogP contribution is -2.35. The van der Waals surface area contributed by atoms with E-state index in [2.05, 4.69) is 10.4 Å². The van der Waals surface area contributed by atoms with Crippen molar-refractivity contribution in [2.24, 2.45) is 0 Å². The summed E-state index contributed by atoms with van der Waals surface area (Å²) in [5.74, 6) is -0.494. The van der Waals surface area contributed by atoms with Crippen LogP contribution in [0.4, 0.5) is 5.69 Å². The number of carbonyl (C=O) groups excluding carboxylic acids is 1. The number of anilines is 1. The molecule has 1 aliphatic heterocycles. The van der Waals surface area contributed by atoms with Gasteiger partial charge in [-0.25, -0.2) is 13.1 Å². The van der Waals surface area contributed by atoms with Gasteiger partial charge in [0.25, 0.3) is 11.5 Å². The Hall–Kier alpha value is -3.04. The molecule has 0 unspecified atom stereocenters. The van der Waals surface area contributed by atoms with Crippen LogP contribution in [0.15, 0.2) is 52.2 Å². The average Bonchev–Trinajstić information content (AvgIpc) is 2.83. The lowest BCUT2D eigenvalue weighted by molar-refractivity contribution is 0.102. The van der Waals surface area contributed by atoms with Crippen LogP contribution in [0, 0.1) is 6.92 Å². The molecule has 8 nitrogen and oxygen atoms in total. The predicted molar refractivity (Wildman–Crippen MR) is 128 cm³/mol. The summed E-state index contributed by atoms with van der Waals surface area (Å²) in [6, 6.07) is 11.6. The maximum absolute atomic E-state index is 13.3. The van der Waals surface area contributed by atoms with Crippen molar-refractivity contribution in [1.29, 1.82) is 0 Å². The maximum Gasteiger partial charge on any atom is 0.276 e. The fourth-order valence-electron chi connectivity index (χ4n) is 4.10. The molecule has 1 saturated heterocycles. The molecule has 1 fully saturated rings. The van der Waals surface area contributed by atoms with Gasteiger partial charge in [0.1, 0.15) is 0 Å². The highest BCUT2D eigenvalue weighted by molar-refractivity contribution is 7.89. The monoisotopic (exact) mass is 468 g/mol. The molecule has 1 N–H and O–H groups in total. The highest BCUT2D eigenvalue weighted by atomic mass is 32.2. The number of nitrogens with zero attached hydrogens (tertiary/aromatic N) is 3. The summed E-state index contributed by atoms with van der Waals surface area (Å²) in [5, 5.41) is 8.03. The molecule has 1 amide bonds. The number of sulfonamides is 1. The van der Waals surface area contributed by atoms with Crippen LogP contribution in [-0.4, -0.2) is 41.5 Å². The third-order valence-electron chi connectivity index (χ3n) is 5.93. The fraction of sp³-hybridized carbons (Fsp3) is 0.375. The van der Waals surface area contributed by atoms with Crippen LogP contribution >= 0.6 is 0 Å². The van der Waals surface area contributed by atoms with Gasteiger partial charge in [0.2, 0.25) is 10.0 Å². The Morgan fingerprint density at radius 2 is 1.76 bits per heavy atom. The van der Waals surface area contributed by atoms with Crippen LogP contribution in [0.5, 0.6) is 0 Å². The maximum atomic E-state index is 13.3. The number of hydrogen-bond acceptors (Lipinski definition) is 5. The van der Waals surface area contributed by atoms with Crippen LogP contribution in [-0.2, 0) is 16.6 Å². The Bertz CT molecular complexity index is 1360. The van der Waals surface area contributed by atoms with Gasteiger partial charge in [0.15, 0.2) is 5.69 Å². The number of amides is 1. The van der Waals surface area contributed by atoms with E-state index in [-0.39, 0.29) is 16.1 Å². The standard InChI is InChI=1S/C24H28N4O4S/c1-3-13-28-24(30)20-10-6-5-9-19(20)22(26-28)23(29)25-21-16-18(12-11-17(21)2)33(31,32)27-14-7-4-8-15-27/h5-6,9-12,16H,3-4,7-8,13-15H2,1-2H3,(H,25,29). The molecular formula is C24H28N4O4S. The zero-order chi connectivity index (χ0) is 23.6. The number of carbonyl (C=O) groups is 1. The number of hydrogen-bond donors (Lipinski definition) is 1. The summed E-state index contributed by atoms with van der Waals surface area (Å²) in [6.45, 7) is 5.14. The fourth-order valence-corrected chi connectivity index (χ4v) is 5.64. The van der Waals surface area contributed by atoms with Gasteiger partial charge in [0.05, 0.1) is 10.3 Å². The van der Waals surface area contributed by atoms with E-state index in [1.165, 1.54) is 15.1 Å². The van der Waals surface area contributed by atoms with E-state index >= 15 is 0 Å². The summed E-state index contributed by atoms with van der Waals surface area (Å²) in [6.07, 6.45) is 3.42. The molecule has 0 atom stereocenters. The van der Waals surface area contributed by atoms with Crippen molar-refractivity contribution < 1.29 is 13.2 Å². The summed E-state index contributed by atoms with van der Waals surface area (Å²) in [4.78, 5) is 26.1.